The number of carbonyl (C=O) groups excluding carboxylic acids is 6. The van der Waals surface area contributed by atoms with Crippen LogP contribution in [0.2, 0.25) is 0 Å². The van der Waals surface area contributed by atoms with E-state index in [0.717, 1.165) is 39.8 Å². The number of oxime groups is 7. The first-order valence-corrected chi connectivity index (χ1v) is 36.9. The average Bonchev–Trinajstić information content (AvgIpc) is 0.949. The average molecular weight is 1650 g/mol. The molecule has 20 nitrogen and oxygen atoms in total. The first-order chi connectivity index (χ1) is 56.3. The monoisotopic (exact) mass is 1650 g/mol. The van der Waals surface area contributed by atoms with Gasteiger partial charge in [-0.3, -0.25) is 28.8 Å². The van der Waals surface area contributed by atoms with Crippen molar-refractivity contribution < 1.29 is 95.6 Å². The van der Waals surface area contributed by atoms with Crippen molar-refractivity contribution in [1.29, 1.82) is 0 Å². The fourth-order valence-electron chi connectivity index (χ4n) is 10.0. The van der Waals surface area contributed by atoms with Crippen LogP contribution < -0.4 is 0 Å². The molecule has 27 heteroatoms. The van der Waals surface area contributed by atoms with Gasteiger partial charge >= 0.3 is 0 Å². The van der Waals surface area contributed by atoms with Crippen LogP contribution in [0.3, 0.4) is 0 Å². The molecule has 0 aromatic heterocycles. The smallest absolute Gasteiger partial charge is 0.206 e. The van der Waals surface area contributed by atoms with Crippen LogP contribution in [0.5, 0.6) is 0 Å². The molecule has 0 heterocycles. The van der Waals surface area contributed by atoms with Gasteiger partial charge in [0.1, 0.15) is 65.0 Å². The van der Waals surface area contributed by atoms with E-state index in [1.165, 1.54) is 111 Å². The zero-order chi connectivity index (χ0) is 89.9. The maximum Gasteiger partial charge on any atom is 0.206 e. The minimum absolute atomic E-state index is 0.112. The molecule has 2 unspecified atom stereocenters. The van der Waals surface area contributed by atoms with Crippen LogP contribution in [-0.2, 0) is 33.6 Å². The topological polar surface area (TPSA) is 320 Å². The van der Waals surface area contributed by atoms with Crippen LogP contribution in [0.25, 0.3) is 42.5 Å². The second kappa shape index (κ2) is 55.9. The lowest BCUT2D eigenvalue weighted by Crippen LogP contribution is -2.26. The SMILES string of the molecule is CC(=Cc1ccc(F)cc1)C(=NO)C(C)C=NO.CC(=Cc1ccc(F)cc1)C(=O)C(C)(C)C=NO.CC(=Cc1ccc(F)cc1)C(=O)C(C)C=NO.CCC(=NO)C(=O)C(C)=Cc1ccc(F)cc1.CCC(=O)/C(C)=C/c1ccc(F)cc1.CCCC(=NO)C(=O)C(C)=Cc1ccc(F)cc1.CON=C(C)C(=O)C(C)=Cc1ccccc1F. The molecule has 0 amide bonds. The zero-order valence-corrected chi connectivity index (χ0v) is 69.2. The molecule has 119 heavy (non-hydrogen) atoms. The highest BCUT2D eigenvalue weighted by molar-refractivity contribution is 6.47. The van der Waals surface area contributed by atoms with E-state index in [4.69, 9.17) is 31.2 Å². The van der Waals surface area contributed by atoms with Gasteiger partial charge in [-0.1, -0.05) is 152 Å². The summed E-state index contributed by atoms with van der Waals surface area (Å²) >= 11 is 0. The van der Waals surface area contributed by atoms with Crippen molar-refractivity contribution >= 4 is 119 Å². The second-order valence-corrected chi connectivity index (χ2v) is 26.7. The molecular weight excluding hydrogens is 1540 g/mol. The molecule has 0 aliphatic rings. The molecule has 0 saturated heterocycles. The third-order valence-corrected chi connectivity index (χ3v) is 16.4. The van der Waals surface area contributed by atoms with Crippen molar-refractivity contribution in [1.82, 2.24) is 0 Å². The summed E-state index contributed by atoms with van der Waals surface area (Å²) in [5.74, 6) is -4.02. The van der Waals surface area contributed by atoms with E-state index in [1.807, 2.05) is 13.8 Å². The predicted octanol–water partition coefficient (Wildman–Crippen LogP) is 21.8. The number of benzene rings is 7. The molecule has 0 fully saturated rings. The lowest BCUT2D eigenvalue weighted by molar-refractivity contribution is -0.120. The Morgan fingerprint density at radius 1 is 0.395 bits per heavy atom. The summed E-state index contributed by atoms with van der Waals surface area (Å²) < 4.78 is 89.5. The molecule has 7 rings (SSSR count). The van der Waals surface area contributed by atoms with E-state index in [2.05, 4.69) is 40.9 Å². The quantitative estimate of drug-likeness (QED) is 0.00874. The van der Waals surface area contributed by atoms with Gasteiger partial charge in [-0.05, 0) is 277 Å². The number of rotatable bonds is 28. The van der Waals surface area contributed by atoms with Gasteiger partial charge in [0, 0.05) is 17.9 Å². The number of ketones is 6. The summed E-state index contributed by atoms with van der Waals surface area (Å²) in [5.41, 5.74) is 8.79. The number of allylic oxidation sites excluding steroid dienone is 7. The highest BCUT2D eigenvalue weighted by Crippen LogP contribution is 2.22. The molecule has 2 atom stereocenters. The molecule has 7 aromatic carbocycles. The van der Waals surface area contributed by atoms with Gasteiger partial charge in [-0.2, -0.15) is 0 Å². The Balaban J connectivity index is 0.000000695. The van der Waals surface area contributed by atoms with Crippen LogP contribution in [0.4, 0.5) is 30.7 Å². The number of carbonyl (C=O) groups is 6. The minimum atomic E-state index is -0.866. The third-order valence-electron chi connectivity index (χ3n) is 16.4. The molecule has 0 bridgehead atoms. The van der Waals surface area contributed by atoms with Gasteiger partial charge in [-0.15, -0.1) is 15.5 Å². The van der Waals surface area contributed by atoms with Gasteiger partial charge in [0.05, 0.1) is 35.7 Å². The molecule has 0 aliphatic carbocycles. The fraction of sp³-hybridized carbons (Fsp3) is 0.250. The van der Waals surface area contributed by atoms with E-state index in [-0.39, 0.29) is 98.5 Å². The Morgan fingerprint density at radius 2 is 0.731 bits per heavy atom. The number of hydrogen-bond donors (Lipinski definition) is 6. The van der Waals surface area contributed by atoms with E-state index in [0.29, 0.717) is 69.5 Å². The summed E-state index contributed by atoms with van der Waals surface area (Å²) in [6.07, 6.45) is 17.3. The summed E-state index contributed by atoms with van der Waals surface area (Å²) in [6, 6.07) is 41.7. The highest BCUT2D eigenvalue weighted by atomic mass is 19.2. The lowest BCUT2D eigenvalue weighted by atomic mass is 9.85. The van der Waals surface area contributed by atoms with Crippen molar-refractivity contribution in [3.8, 4) is 0 Å². The van der Waals surface area contributed by atoms with Gasteiger partial charge in [0.2, 0.25) is 17.3 Å². The van der Waals surface area contributed by atoms with E-state index in [9.17, 15) is 59.5 Å². The molecule has 0 spiro atoms. The number of halogens is 7. The maximum atomic E-state index is 13.4. The van der Waals surface area contributed by atoms with Crippen LogP contribution in [0.1, 0.15) is 168 Å². The van der Waals surface area contributed by atoms with Gasteiger partial charge < -0.3 is 36.1 Å². The Hall–Kier alpha value is -13.5. The summed E-state index contributed by atoms with van der Waals surface area (Å²) in [5, 5.41) is 73.0. The first kappa shape index (κ1) is 104. The van der Waals surface area contributed by atoms with Crippen LogP contribution in [0, 0.1) is 58.0 Å². The normalized spacial score (nSPS) is 13.1. The van der Waals surface area contributed by atoms with E-state index < -0.39 is 11.3 Å². The third kappa shape index (κ3) is 40.1. The summed E-state index contributed by atoms with van der Waals surface area (Å²) in [7, 11) is 1.37. The zero-order valence-electron chi connectivity index (χ0n) is 69.2. The molecule has 632 valence electrons. The van der Waals surface area contributed by atoms with Crippen molar-refractivity contribution in [2.24, 2.45) is 53.3 Å². The summed E-state index contributed by atoms with van der Waals surface area (Å²) in [4.78, 5) is 75.0. The van der Waals surface area contributed by atoms with Gasteiger partial charge in [0.25, 0.3) is 0 Å². The van der Waals surface area contributed by atoms with Crippen molar-refractivity contribution in [2.75, 3.05) is 7.11 Å². The minimum Gasteiger partial charge on any atom is -0.411 e. The Kier molecular flexibility index (Phi) is 48.7. The molecule has 6 N–H and O–H groups in total. The largest absolute Gasteiger partial charge is 0.411 e. The standard InChI is InChI=1S/2C14H16FNO2.C13H15FN2O2.3C13H14FNO2.C12H13FO/c1-10(13(17)14(2,3)9-16-18)8-11-4-6-12(15)7-5-11;1-3-4-13(16-18)14(17)10(2)9-11-5-7-12(15)8-6-11;1-9(13(16-18)10(2)8-15-17)7-11-3-5-12(14)6-4-11;1-9(13(16)10(2)15-17-3)8-11-6-4-5-7-12(11)14;1-9(13(16)10(2)8-15-17)7-11-3-5-12(14)6-4-11;1-3-12(15-17)13(16)9(2)8-10-4-6-11(14)7-5-10;1-3-12(14)9(2)8-10-4-6-11(13)7-5-10/h4-9,18H,1-3H3;5-9,18H,3-4H2,1-2H3;3-8,10,17-18H,1-2H3;4-8H,1-3H3;3-8,10,17H,1-2H3;4-8,17H,3H2,1-2H3;4-8H,3H2,1-2H3/b;;;;;;9-8+. The number of nitrogens with zero attached hydrogens (tertiary/aromatic N) is 7. The van der Waals surface area contributed by atoms with Gasteiger partial charge in [0.15, 0.2) is 17.3 Å². The first-order valence-electron chi connectivity index (χ1n) is 36.9. The maximum absolute atomic E-state index is 13.4. The van der Waals surface area contributed by atoms with E-state index >= 15 is 0 Å². The van der Waals surface area contributed by atoms with Crippen molar-refractivity contribution in [3.63, 3.8) is 0 Å². The Bertz CT molecular complexity index is 4910. The van der Waals surface area contributed by atoms with Gasteiger partial charge in [-0.25, -0.2) is 30.7 Å². The molecular formula is C92H102F7N7O13. The van der Waals surface area contributed by atoms with Crippen molar-refractivity contribution in [3.05, 3.63) is 289 Å². The van der Waals surface area contributed by atoms with Crippen molar-refractivity contribution in [2.45, 2.75) is 130 Å². The van der Waals surface area contributed by atoms with E-state index in [1.54, 1.807) is 217 Å². The van der Waals surface area contributed by atoms with Crippen LogP contribution in [0.15, 0.2) is 245 Å². The highest BCUT2D eigenvalue weighted by Gasteiger charge is 2.27. The number of Topliss-reactive ketones (excluding diaryl/α,β-unsaturated/α-hetero) is 6. The summed E-state index contributed by atoms with van der Waals surface area (Å²) in [6.45, 7) is 25.5. The Labute approximate surface area is 689 Å². The second-order valence-electron chi connectivity index (χ2n) is 26.7. The molecule has 7 aromatic rings. The Morgan fingerprint density at radius 3 is 1.06 bits per heavy atom. The number of hydrogen-bond acceptors (Lipinski definition) is 20. The van der Waals surface area contributed by atoms with Crippen LogP contribution in [-0.4, -0.2) is 115 Å². The predicted molar refractivity (Wildman–Crippen MR) is 457 cm³/mol. The fourth-order valence-corrected chi connectivity index (χ4v) is 10.0. The molecule has 0 radical (unpaired) electrons. The molecule has 0 aliphatic heterocycles. The van der Waals surface area contributed by atoms with Crippen LogP contribution >= 0.6 is 0 Å². The molecule has 0 saturated carbocycles. The lowest BCUT2D eigenvalue weighted by Gasteiger charge is -2.17.